The molecule has 1 unspecified atom stereocenters. The van der Waals surface area contributed by atoms with Crippen LogP contribution in [0.5, 0.6) is 5.75 Å². The number of benzene rings is 1. The SMILES string of the molecule is C=CC[C@H](O)C[C@@H]1C[C@H](CC=C)OC(c2ccc(OC)cc2)O1. The van der Waals surface area contributed by atoms with E-state index in [1.54, 1.807) is 13.2 Å². The van der Waals surface area contributed by atoms with Gasteiger partial charge in [-0.25, -0.2) is 0 Å². The molecule has 0 aromatic heterocycles. The molecule has 2 rings (SSSR count). The summed E-state index contributed by atoms with van der Waals surface area (Å²) in [6.07, 6.45) is 5.40. The van der Waals surface area contributed by atoms with Crippen molar-refractivity contribution in [3.63, 3.8) is 0 Å². The Morgan fingerprint density at radius 3 is 2.52 bits per heavy atom. The lowest BCUT2D eigenvalue weighted by Gasteiger charge is -2.36. The van der Waals surface area contributed by atoms with Crippen LogP contribution in [0.1, 0.15) is 37.5 Å². The van der Waals surface area contributed by atoms with Gasteiger partial charge in [-0.3, -0.25) is 0 Å². The van der Waals surface area contributed by atoms with Crippen molar-refractivity contribution in [2.45, 2.75) is 50.3 Å². The maximum Gasteiger partial charge on any atom is 0.184 e. The maximum absolute atomic E-state index is 10.0. The summed E-state index contributed by atoms with van der Waals surface area (Å²) in [4.78, 5) is 0. The number of aliphatic hydroxyl groups is 1. The van der Waals surface area contributed by atoms with Crippen LogP contribution in [0.4, 0.5) is 0 Å². The van der Waals surface area contributed by atoms with Crippen molar-refractivity contribution in [1.82, 2.24) is 0 Å². The van der Waals surface area contributed by atoms with Gasteiger partial charge < -0.3 is 19.3 Å². The molecule has 0 bridgehead atoms. The van der Waals surface area contributed by atoms with E-state index >= 15 is 0 Å². The highest BCUT2D eigenvalue weighted by Crippen LogP contribution is 2.33. The third-order valence-corrected chi connectivity index (χ3v) is 3.95. The van der Waals surface area contributed by atoms with E-state index in [2.05, 4.69) is 13.2 Å². The molecule has 1 aromatic rings. The van der Waals surface area contributed by atoms with Crippen molar-refractivity contribution >= 4 is 0 Å². The molecule has 126 valence electrons. The largest absolute Gasteiger partial charge is 0.497 e. The molecule has 4 heteroatoms. The molecule has 1 fully saturated rings. The summed E-state index contributed by atoms with van der Waals surface area (Å²) in [5.41, 5.74) is 0.947. The molecule has 0 aliphatic carbocycles. The van der Waals surface area contributed by atoms with Gasteiger partial charge in [0.25, 0.3) is 0 Å². The van der Waals surface area contributed by atoms with Crippen molar-refractivity contribution in [1.29, 1.82) is 0 Å². The van der Waals surface area contributed by atoms with Crippen LogP contribution in [-0.2, 0) is 9.47 Å². The first-order valence-electron chi connectivity index (χ1n) is 8.01. The quantitative estimate of drug-likeness (QED) is 0.741. The minimum absolute atomic E-state index is 0.0456. The van der Waals surface area contributed by atoms with Gasteiger partial charge in [0.05, 0.1) is 25.4 Å². The van der Waals surface area contributed by atoms with E-state index in [1.807, 2.05) is 30.3 Å². The van der Waals surface area contributed by atoms with Crippen LogP contribution in [0, 0.1) is 0 Å². The van der Waals surface area contributed by atoms with Gasteiger partial charge in [0, 0.05) is 18.4 Å². The van der Waals surface area contributed by atoms with Crippen LogP contribution < -0.4 is 4.74 Å². The van der Waals surface area contributed by atoms with E-state index in [-0.39, 0.29) is 12.2 Å². The zero-order valence-corrected chi connectivity index (χ0v) is 13.7. The Morgan fingerprint density at radius 2 is 1.91 bits per heavy atom. The lowest BCUT2D eigenvalue weighted by atomic mass is 10.00. The summed E-state index contributed by atoms with van der Waals surface area (Å²) >= 11 is 0. The molecular formula is C19H26O4. The van der Waals surface area contributed by atoms with Gasteiger partial charge in [-0.15, -0.1) is 13.2 Å². The fraction of sp³-hybridized carbons (Fsp3) is 0.474. The Hall–Kier alpha value is -1.62. The van der Waals surface area contributed by atoms with Gasteiger partial charge in [-0.05, 0) is 25.0 Å². The molecule has 1 aliphatic rings. The van der Waals surface area contributed by atoms with E-state index in [0.717, 1.165) is 24.2 Å². The van der Waals surface area contributed by atoms with Crippen molar-refractivity contribution in [3.05, 3.63) is 55.1 Å². The van der Waals surface area contributed by atoms with Crippen molar-refractivity contribution in [3.8, 4) is 5.75 Å². The molecule has 1 aliphatic heterocycles. The fourth-order valence-electron chi connectivity index (χ4n) is 2.79. The molecule has 0 radical (unpaired) electrons. The molecule has 1 aromatic carbocycles. The third-order valence-electron chi connectivity index (χ3n) is 3.95. The first kappa shape index (κ1) is 17.7. The number of hydrogen-bond acceptors (Lipinski definition) is 4. The highest BCUT2D eigenvalue weighted by Gasteiger charge is 2.31. The molecular weight excluding hydrogens is 292 g/mol. The van der Waals surface area contributed by atoms with E-state index in [4.69, 9.17) is 14.2 Å². The standard InChI is InChI=1S/C19H26O4/c1-4-6-15(20)12-18-13-17(7-5-2)22-19(23-18)14-8-10-16(21-3)11-9-14/h4-5,8-11,15,17-20H,1-2,6-7,12-13H2,3H3/t15-,17-,18+,19?/m0/s1. The molecule has 0 spiro atoms. The molecule has 4 atom stereocenters. The molecule has 1 heterocycles. The van der Waals surface area contributed by atoms with Crippen LogP contribution in [0.3, 0.4) is 0 Å². The van der Waals surface area contributed by atoms with E-state index in [0.29, 0.717) is 12.8 Å². The smallest absolute Gasteiger partial charge is 0.184 e. The minimum atomic E-state index is -0.434. The van der Waals surface area contributed by atoms with Crippen molar-refractivity contribution in [2.24, 2.45) is 0 Å². The number of methoxy groups -OCH3 is 1. The number of rotatable bonds is 8. The second kappa shape index (κ2) is 8.87. The first-order chi connectivity index (χ1) is 11.2. The van der Waals surface area contributed by atoms with Gasteiger partial charge in [0.2, 0.25) is 0 Å². The average molecular weight is 318 g/mol. The summed E-state index contributed by atoms with van der Waals surface area (Å²) in [5, 5.41) is 10.0. The topological polar surface area (TPSA) is 47.9 Å². The predicted octanol–water partition coefficient (Wildman–Crippen LogP) is 3.77. The van der Waals surface area contributed by atoms with E-state index < -0.39 is 12.4 Å². The fourth-order valence-corrected chi connectivity index (χ4v) is 2.79. The van der Waals surface area contributed by atoms with Gasteiger partial charge in [-0.2, -0.15) is 0 Å². The van der Waals surface area contributed by atoms with Crippen LogP contribution >= 0.6 is 0 Å². The second-order valence-corrected chi connectivity index (χ2v) is 5.80. The Bertz CT molecular complexity index is 495. The monoisotopic (exact) mass is 318 g/mol. The summed E-state index contributed by atoms with van der Waals surface area (Å²) in [6.45, 7) is 7.46. The van der Waals surface area contributed by atoms with Gasteiger partial charge >= 0.3 is 0 Å². The Kier molecular flexibility index (Phi) is 6.84. The normalized spacial score (nSPS) is 25.6. The minimum Gasteiger partial charge on any atom is -0.497 e. The van der Waals surface area contributed by atoms with Crippen molar-refractivity contribution in [2.75, 3.05) is 7.11 Å². The molecule has 1 saturated heterocycles. The van der Waals surface area contributed by atoms with Gasteiger partial charge in [0.1, 0.15) is 5.75 Å². The third kappa shape index (κ3) is 5.20. The van der Waals surface area contributed by atoms with Crippen molar-refractivity contribution < 1.29 is 19.3 Å². The van der Waals surface area contributed by atoms with Crippen LogP contribution in [0.25, 0.3) is 0 Å². The predicted molar refractivity (Wildman–Crippen MR) is 90.3 cm³/mol. The molecule has 0 amide bonds. The zero-order chi connectivity index (χ0) is 16.7. The lowest BCUT2D eigenvalue weighted by Crippen LogP contribution is -2.35. The highest BCUT2D eigenvalue weighted by molar-refractivity contribution is 5.28. The van der Waals surface area contributed by atoms with E-state index in [1.165, 1.54) is 0 Å². The summed E-state index contributed by atoms with van der Waals surface area (Å²) in [6, 6.07) is 7.66. The van der Waals surface area contributed by atoms with Crippen LogP contribution in [0.15, 0.2) is 49.6 Å². The average Bonchev–Trinajstić information content (AvgIpc) is 2.55. The first-order valence-corrected chi connectivity index (χ1v) is 8.01. The highest BCUT2D eigenvalue weighted by atomic mass is 16.7. The van der Waals surface area contributed by atoms with Gasteiger partial charge in [-0.1, -0.05) is 24.3 Å². The Balaban J connectivity index is 2.07. The molecule has 0 saturated carbocycles. The maximum atomic E-state index is 10.0. The number of aliphatic hydroxyl groups excluding tert-OH is 1. The summed E-state index contributed by atoms with van der Waals surface area (Å²) in [7, 11) is 1.64. The number of hydrogen-bond donors (Lipinski definition) is 1. The van der Waals surface area contributed by atoms with Gasteiger partial charge in [0.15, 0.2) is 6.29 Å². The van der Waals surface area contributed by atoms with Crippen LogP contribution in [-0.4, -0.2) is 30.5 Å². The molecule has 4 nitrogen and oxygen atoms in total. The lowest BCUT2D eigenvalue weighted by molar-refractivity contribution is -0.251. The second-order valence-electron chi connectivity index (χ2n) is 5.80. The summed E-state index contributed by atoms with van der Waals surface area (Å²) < 4.78 is 17.2. The molecule has 1 N–H and O–H groups in total. The Labute approximate surface area is 138 Å². The zero-order valence-electron chi connectivity index (χ0n) is 13.7. The molecule has 23 heavy (non-hydrogen) atoms. The Morgan fingerprint density at radius 1 is 1.22 bits per heavy atom. The van der Waals surface area contributed by atoms with E-state index in [9.17, 15) is 5.11 Å². The van der Waals surface area contributed by atoms with Crippen LogP contribution in [0.2, 0.25) is 0 Å². The number of ether oxygens (including phenoxy) is 3. The summed E-state index contributed by atoms with van der Waals surface area (Å²) in [5.74, 6) is 0.796.